The number of carbonyl (C=O) groups is 2. The Hall–Kier alpha value is -3.65. The van der Waals surface area contributed by atoms with E-state index >= 15 is 0 Å². The van der Waals surface area contributed by atoms with Gasteiger partial charge < -0.3 is 10.2 Å². The summed E-state index contributed by atoms with van der Waals surface area (Å²) < 4.78 is 28.9. The van der Waals surface area contributed by atoms with Gasteiger partial charge >= 0.3 is 0 Å². The SMILES string of the molecule is CCc1ccc(N(CC(=O)N(Cc2ccccc2C)[C@@H](CC)C(=O)N[C@H](C)CC)S(=O)(=O)c2ccccc2)cc1. The molecule has 3 aromatic carbocycles. The summed E-state index contributed by atoms with van der Waals surface area (Å²) in [6.45, 7) is 9.49. The molecular weight excluding hydrogens is 522 g/mol. The highest BCUT2D eigenvalue weighted by Gasteiger charge is 2.34. The van der Waals surface area contributed by atoms with Crippen molar-refractivity contribution in [3.8, 4) is 0 Å². The lowest BCUT2D eigenvalue weighted by molar-refractivity contribution is -0.140. The molecule has 0 saturated heterocycles. The van der Waals surface area contributed by atoms with Crippen molar-refractivity contribution in [2.45, 2.75) is 77.4 Å². The Bertz CT molecular complexity index is 1370. The van der Waals surface area contributed by atoms with E-state index in [1.54, 1.807) is 30.3 Å². The minimum Gasteiger partial charge on any atom is -0.352 e. The summed E-state index contributed by atoms with van der Waals surface area (Å²) in [7, 11) is -4.07. The van der Waals surface area contributed by atoms with E-state index in [9.17, 15) is 18.0 Å². The molecule has 0 unspecified atom stereocenters. The van der Waals surface area contributed by atoms with Crippen molar-refractivity contribution in [3.05, 3.63) is 95.6 Å². The molecule has 0 bridgehead atoms. The third-order valence-electron chi connectivity index (χ3n) is 7.23. The third-order valence-corrected chi connectivity index (χ3v) is 9.02. The van der Waals surface area contributed by atoms with Crippen LogP contribution in [0.15, 0.2) is 83.8 Å². The van der Waals surface area contributed by atoms with Gasteiger partial charge in [-0.2, -0.15) is 0 Å². The van der Waals surface area contributed by atoms with Crippen molar-refractivity contribution in [2.75, 3.05) is 10.8 Å². The molecular formula is C32H41N3O4S. The first kappa shape index (κ1) is 30.9. The molecule has 0 aliphatic heterocycles. The molecule has 0 heterocycles. The molecule has 3 aromatic rings. The van der Waals surface area contributed by atoms with E-state index < -0.39 is 28.5 Å². The van der Waals surface area contributed by atoms with Crippen LogP contribution in [-0.4, -0.2) is 43.8 Å². The first-order valence-corrected chi connectivity index (χ1v) is 15.4. The fourth-order valence-electron chi connectivity index (χ4n) is 4.48. The standard InChI is InChI=1S/C32H41N3O4S/c1-6-25(5)33-32(37)30(8-3)34(22-27-15-13-12-14-24(27)4)31(36)23-35(28-20-18-26(7-2)19-21-28)40(38,39)29-16-10-9-11-17-29/h9-21,25,30H,6-8,22-23H2,1-5H3,(H,33,37)/t25-,30+/m1/s1. The van der Waals surface area contributed by atoms with Gasteiger partial charge in [0.05, 0.1) is 10.6 Å². The van der Waals surface area contributed by atoms with E-state index in [4.69, 9.17) is 0 Å². The summed E-state index contributed by atoms with van der Waals surface area (Å²) in [6, 6.07) is 22.2. The third kappa shape index (κ3) is 7.50. The maximum absolute atomic E-state index is 14.1. The Morgan fingerprint density at radius 1 is 0.850 bits per heavy atom. The first-order valence-electron chi connectivity index (χ1n) is 13.9. The number of sulfonamides is 1. The number of aryl methyl sites for hydroxylation is 2. The number of hydrogen-bond donors (Lipinski definition) is 1. The fourth-order valence-corrected chi connectivity index (χ4v) is 5.91. The maximum Gasteiger partial charge on any atom is 0.264 e. The van der Waals surface area contributed by atoms with Gasteiger partial charge in [0, 0.05) is 12.6 Å². The van der Waals surface area contributed by atoms with Gasteiger partial charge in [-0.25, -0.2) is 8.42 Å². The highest BCUT2D eigenvalue weighted by atomic mass is 32.2. The van der Waals surface area contributed by atoms with Gasteiger partial charge in [0.25, 0.3) is 10.0 Å². The highest BCUT2D eigenvalue weighted by molar-refractivity contribution is 7.92. The van der Waals surface area contributed by atoms with E-state index in [2.05, 4.69) is 5.32 Å². The smallest absolute Gasteiger partial charge is 0.264 e. The minimum absolute atomic E-state index is 0.0519. The number of amides is 2. The van der Waals surface area contributed by atoms with Crippen LogP contribution in [-0.2, 0) is 32.6 Å². The number of benzene rings is 3. The average Bonchev–Trinajstić information content (AvgIpc) is 2.97. The first-order chi connectivity index (χ1) is 19.1. The zero-order valence-electron chi connectivity index (χ0n) is 24.1. The summed E-state index contributed by atoms with van der Waals surface area (Å²) >= 11 is 0. The van der Waals surface area contributed by atoms with Crippen LogP contribution in [0.2, 0.25) is 0 Å². The van der Waals surface area contributed by atoms with Crippen molar-refractivity contribution in [2.24, 2.45) is 0 Å². The van der Waals surface area contributed by atoms with Gasteiger partial charge in [0.2, 0.25) is 11.8 Å². The summed E-state index contributed by atoms with van der Waals surface area (Å²) in [5.74, 6) is -0.697. The second kappa shape index (κ2) is 14.1. The molecule has 7 nitrogen and oxygen atoms in total. The van der Waals surface area contributed by atoms with Crippen LogP contribution in [0.4, 0.5) is 5.69 Å². The van der Waals surface area contributed by atoms with E-state index in [0.717, 1.165) is 33.8 Å². The van der Waals surface area contributed by atoms with E-state index in [0.29, 0.717) is 12.1 Å². The van der Waals surface area contributed by atoms with Crippen molar-refractivity contribution in [1.82, 2.24) is 10.2 Å². The monoisotopic (exact) mass is 563 g/mol. The molecule has 0 aliphatic carbocycles. The molecule has 0 saturated carbocycles. The predicted octanol–water partition coefficient (Wildman–Crippen LogP) is 5.47. The number of anilines is 1. The zero-order chi connectivity index (χ0) is 29.3. The quantitative estimate of drug-likeness (QED) is 0.299. The average molecular weight is 564 g/mol. The van der Waals surface area contributed by atoms with Crippen LogP contribution < -0.4 is 9.62 Å². The summed E-state index contributed by atoms with van der Waals surface area (Å²) in [6.07, 6.45) is 1.94. The van der Waals surface area contributed by atoms with Crippen LogP contribution in [0, 0.1) is 6.92 Å². The van der Waals surface area contributed by atoms with Gasteiger partial charge in [-0.1, -0.05) is 75.4 Å². The van der Waals surface area contributed by atoms with Gasteiger partial charge in [0.15, 0.2) is 0 Å². The Morgan fingerprint density at radius 2 is 1.48 bits per heavy atom. The van der Waals surface area contributed by atoms with Crippen molar-refractivity contribution >= 4 is 27.5 Å². The molecule has 8 heteroatoms. The second-order valence-corrected chi connectivity index (χ2v) is 11.9. The number of hydrogen-bond acceptors (Lipinski definition) is 4. The fraction of sp³-hybridized carbons (Fsp3) is 0.375. The van der Waals surface area contributed by atoms with Crippen LogP contribution in [0.3, 0.4) is 0 Å². The van der Waals surface area contributed by atoms with Crippen LogP contribution in [0.25, 0.3) is 0 Å². The summed E-state index contributed by atoms with van der Waals surface area (Å²) in [5, 5.41) is 3.01. The van der Waals surface area contributed by atoms with Gasteiger partial charge in [0.1, 0.15) is 12.6 Å². The van der Waals surface area contributed by atoms with Crippen molar-refractivity contribution in [3.63, 3.8) is 0 Å². The zero-order valence-corrected chi connectivity index (χ0v) is 24.9. The number of carbonyl (C=O) groups excluding carboxylic acids is 2. The maximum atomic E-state index is 14.1. The number of nitrogens with one attached hydrogen (secondary N) is 1. The lowest BCUT2D eigenvalue weighted by atomic mass is 10.1. The molecule has 3 rings (SSSR count). The molecule has 0 radical (unpaired) electrons. The lowest BCUT2D eigenvalue weighted by Gasteiger charge is -2.34. The molecule has 2 atom stereocenters. The molecule has 0 spiro atoms. The minimum atomic E-state index is -4.07. The highest BCUT2D eigenvalue weighted by Crippen LogP contribution is 2.25. The summed E-state index contributed by atoms with van der Waals surface area (Å²) in [4.78, 5) is 29.1. The largest absolute Gasteiger partial charge is 0.352 e. The number of rotatable bonds is 13. The Labute approximate surface area is 239 Å². The Kier molecular flexibility index (Phi) is 10.9. The molecule has 0 fully saturated rings. The summed E-state index contributed by atoms with van der Waals surface area (Å²) in [5.41, 5.74) is 3.33. The van der Waals surface area contributed by atoms with Gasteiger partial charge in [-0.05, 0) is 74.1 Å². The lowest BCUT2D eigenvalue weighted by Crippen LogP contribution is -2.53. The molecule has 0 aromatic heterocycles. The van der Waals surface area contributed by atoms with Crippen LogP contribution in [0.5, 0.6) is 0 Å². The molecule has 0 aliphatic rings. The van der Waals surface area contributed by atoms with Gasteiger partial charge in [-0.15, -0.1) is 0 Å². The Balaban J connectivity index is 2.06. The van der Waals surface area contributed by atoms with Crippen molar-refractivity contribution in [1.29, 1.82) is 0 Å². The van der Waals surface area contributed by atoms with E-state index in [-0.39, 0.29) is 23.4 Å². The van der Waals surface area contributed by atoms with Crippen LogP contribution in [0.1, 0.15) is 57.2 Å². The second-order valence-electron chi connectivity index (χ2n) is 10.0. The van der Waals surface area contributed by atoms with E-state index in [1.165, 1.54) is 17.0 Å². The topological polar surface area (TPSA) is 86.8 Å². The van der Waals surface area contributed by atoms with Crippen LogP contribution >= 0.6 is 0 Å². The van der Waals surface area contributed by atoms with E-state index in [1.807, 2.05) is 71.0 Å². The normalized spacial score (nSPS) is 12.8. The molecule has 1 N–H and O–H groups in total. The van der Waals surface area contributed by atoms with Gasteiger partial charge in [-0.3, -0.25) is 13.9 Å². The predicted molar refractivity (Wildman–Crippen MR) is 160 cm³/mol. The number of nitrogens with zero attached hydrogens (tertiary/aromatic N) is 2. The molecule has 214 valence electrons. The molecule has 40 heavy (non-hydrogen) atoms. The molecule has 2 amide bonds. The van der Waals surface area contributed by atoms with Crippen molar-refractivity contribution < 1.29 is 18.0 Å². The Morgan fingerprint density at radius 3 is 2.05 bits per heavy atom.